The minimum atomic E-state index is -0.798. The lowest BCUT2D eigenvalue weighted by molar-refractivity contribution is 0.0884. The van der Waals surface area contributed by atoms with Crippen LogP contribution in [0, 0.1) is 6.92 Å². The number of anilines is 1. The Morgan fingerprint density at radius 2 is 2.12 bits per heavy atom. The SMILES string of the molecule is Cc1ccc(C(N)=S)c(N(C)CC(C)(C)O)n1. The summed E-state index contributed by atoms with van der Waals surface area (Å²) in [5.74, 6) is 0.708. The molecule has 0 aromatic carbocycles. The highest BCUT2D eigenvalue weighted by Crippen LogP contribution is 2.19. The van der Waals surface area contributed by atoms with Crippen LogP contribution in [-0.4, -0.2) is 34.3 Å². The van der Waals surface area contributed by atoms with Gasteiger partial charge >= 0.3 is 0 Å². The zero-order chi connectivity index (χ0) is 13.2. The first-order valence-corrected chi connectivity index (χ1v) is 5.82. The fourth-order valence-electron chi connectivity index (χ4n) is 1.68. The minimum absolute atomic E-state index is 0.315. The summed E-state index contributed by atoms with van der Waals surface area (Å²) in [6.07, 6.45) is 0. The van der Waals surface area contributed by atoms with Gasteiger partial charge in [-0.05, 0) is 32.9 Å². The second kappa shape index (κ2) is 4.98. The molecular weight excluding hydrogens is 234 g/mol. The van der Waals surface area contributed by atoms with Crippen molar-refractivity contribution in [1.29, 1.82) is 0 Å². The molecule has 0 radical (unpaired) electrons. The van der Waals surface area contributed by atoms with Crippen LogP contribution >= 0.6 is 12.2 Å². The predicted octanol–water partition coefficient (Wildman–Crippen LogP) is 1.23. The molecule has 0 aliphatic heterocycles. The summed E-state index contributed by atoms with van der Waals surface area (Å²) in [5.41, 5.74) is 6.50. The molecule has 0 unspecified atom stereocenters. The van der Waals surface area contributed by atoms with Gasteiger partial charge in [0.1, 0.15) is 10.8 Å². The fourth-order valence-corrected chi connectivity index (χ4v) is 1.84. The fraction of sp³-hybridized carbons (Fsp3) is 0.500. The molecule has 0 aliphatic rings. The van der Waals surface area contributed by atoms with Gasteiger partial charge in [-0.3, -0.25) is 0 Å². The highest BCUT2D eigenvalue weighted by atomic mass is 32.1. The molecule has 0 aliphatic carbocycles. The number of nitrogens with two attached hydrogens (primary N) is 1. The number of hydrogen-bond acceptors (Lipinski definition) is 4. The molecule has 5 heteroatoms. The number of thiocarbonyl (C=S) groups is 1. The van der Waals surface area contributed by atoms with Crippen molar-refractivity contribution in [1.82, 2.24) is 4.98 Å². The van der Waals surface area contributed by atoms with Gasteiger partial charge in [0.05, 0.1) is 11.2 Å². The van der Waals surface area contributed by atoms with E-state index in [0.717, 1.165) is 11.3 Å². The third kappa shape index (κ3) is 3.94. The quantitative estimate of drug-likeness (QED) is 0.790. The van der Waals surface area contributed by atoms with Gasteiger partial charge in [0.15, 0.2) is 0 Å². The number of hydrogen-bond donors (Lipinski definition) is 2. The Morgan fingerprint density at radius 1 is 1.53 bits per heavy atom. The number of nitrogens with zero attached hydrogens (tertiary/aromatic N) is 2. The Balaban J connectivity index is 3.10. The zero-order valence-corrected chi connectivity index (χ0v) is 11.5. The molecule has 3 N–H and O–H groups in total. The summed E-state index contributed by atoms with van der Waals surface area (Å²) in [5, 5.41) is 9.81. The smallest absolute Gasteiger partial charge is 0.138 e. The first-order valence-electron chi connectivity index (χ1n) is 5.41. The van der Waals surface area contributed by atoms with Gasteiger partial charge in [0.25, 0.3) is 0 Å². The van der Waals surface area contributed by atoms with Crippen molar-refractivity contribution < 1.29 is 5.11 Å². The van der Waals surface area contributed by atoms with Gasteiger partial charge in [-0.25, -0.2) is 4.98 Å². The van der Waals surface area contributed by atoms with Crippen LogP contribution in [0.5, 0.6) is 0 Å². The van der Waals surface area contributed by atoms with Gasteiger partial charge in [0, 0.05) is 19.3 Å². The normalized spacial score (nSPS) is 11.4. The molecule has 1 aromatic heterocycles. The van der Waals surface area contributed by atoms with E-state index in [4.69, 9.17) is 18.0 Å². The lowest BCUT2D eigenvalue weighted by Crippen LogP contribution is -2.37. The second-order valence-electron chi connectivity index (χ2n) is 4.86. The third-order valence-electron chi connectivity index (χ3n) is 2.27. The van der Waals surface area contributed by atoms with E-state index >= 15 is 0 Å². The largest absolute Gasteiger partial charge is 0.389 e. The van der Waals surface area contributed by atoms with Crippen LogP contribution in [0.25, 0.3) is 0 Å². The van der Waals surface area contributed by atoms with E-state index in [1.165, 1.54) is 0 Å². The van der Waals surface area contributed by atoms with Crippen molar-refractivity contribution in [2.24, 2.45) is 5.73 Å². The lowest BCUT2D eigenvalue weighted by Gasteiger charge is -2.28. The Labute approximate surface area is 107 Å². The van der Waals surface area contributed by atoms with Crippen LogP contribution in [0.15, 0.2) is 12.1 Å². The second-order valence-corrected chi connectivity index (χ2v) is 5.30. The molecule has 0 fully saturated rings. The Morgan fingerprint density at radius 3 is 2.59 bits per heavy atom. The number of aryl methyl sites for hydroxylation is 1. The van der Waals surface area contributed by atoms with Crippen molar-refractivity contribution in [3.05, 3.63) is 23.4 Å². The van der Waals surface area contributed by atoms with Crippen molar-refractivity contribution in [3.63, 3.8) is 0 Å². The van der Waals surface area contributed by atoms with E-state index in [2.05, 4.69) is 4.98 Å². The molecular formula is C12H19N3OS. The van der Waals surface area contributed by atoms with Gasteiger partial charge in [0.2, 0.25) is 0 Å². The Hall–Kier alpha value is -1.20. The molecule has 1 aromatic rings. The van der Waals surface area contributed by atoms with Crippen LogP contribution in [0.1, 0.15) is 25.1 Å². The molecule has 0 saturated heterocycles. The molecule has 1 heterocycles. The summed E-state index contributed by atoms with van der Waals surface area (Å²) in [7, 11) is 1.86. The van der Waals surface area contributed by atoms with Crippen LogP contribution in [0.4, 0.5) is 5.82 Å². The highest BCUT2D eigenvalue weighted by molar-refractivity contribution is 7.80. The van der Waals surface area contributed by atoms with Gasteiger partial charge < -0.3 is 15.7 Å². The van der Waals surface area contributed by atoms with E-state index in [-0.39, 0.29) is 0 Å². The first-order chi connectivity index (χ1) is 7.70. The van der Waals surface area contributed by atoms with Gasteiger partial charge in [-0.2, -0.15) is 0 Å². The number of aliphatic hydroxyl groups is 1. The zero-order valence-electron chi connectivity index (χ0n) is 10.7. The van der Waals surface area contributed by atoms with Gasteiger partial charge in [-0.1, -0.05) is 12.2 Å². The maximum Gasteiger partial charge on any atom is 0.138 e. The molecule has 0 atom stereocenters. The maximum atomic E-state index is 9.81. The van der Waals surface area contributed by atoms with E-state index in [0.29, 0.717) is 17.4 Å². The summed E-state index contributed by atoms with van der Waals surface area (Å²) >= 11 is 5.00. The first kappa shape index (κ1) is 13.9. The minimum Gasteiger partial charge on any atom is -0.389 e. The van der Waals surface area contributed by atoms with Crippen LogP contribution in [0.2, 0.25) is 0 Å². The van der Waals surface area contributed by atoms with Crippen molar-refractivity contribution in [2.45, 2.75) is 26.4 Å². The molecule has 17 heavy (non-hydrogen) atoms. The van der Waals surface area contributed by atoms with Crippen molar-refractivity contribution >= 4 is 23.0 Å². The Bertz CT molecular complexity index is 426. The highest BCUT2D eigenvalue weighted by Gasteiger charge is 2.19. The summed E-state index contributed by atoms with van der Waals surface area (Å²) in [6, 6.07) is 3.73. The van der Waals surface area contributed by atoms with Crippen molar-refractivity contribution in [2.75, 3.05) is 18.5 Å². The number of aromatic nitrogens is 1. The van der Waals surface area contributed by atoms with E-state index in [9.17, 15) is 5.11 Å². The van der Waals surface area contributed by atoms with Crippen molar-refractivity contribution in [3.8, 4) is 0 Å². The molecule has 1 rings (SSSR count). The van der Waals surface area contributed by atoms with Crippen LogP contribution in [0.3, 0.4) is 0 Å². The summed E-state index contributed by atoms with van der Waals surface area (Å²) < 4.78 is 0. The molecule has 0 saturated carbocycles. The molecule has 94 valence electrons. The molecule has 0 bridgehead atoms. The van der Waals surface area contributed by atoms with Gasteiger partial charge in [-0.15, -0.1) is 0 Å². The average Bonchev–Trinajstić information content (AvgIpc) is 2.14. The van der Waals surface area contributed by atoms with Crippen LogP contribution in [-0.2, 0) is 0 Å². The topological polar surface area (TPSA) is 62.4 Å². The predicted molar refractivity (Wildman–Crippen MR) is 74.4 cm³/mol. The monoisotopic (exact) mass is 253 g/mol. The molecule has 0 spiro atoms. The molecule has 0 amide bonds. The third-order valence-corrected chi connectivity index (χ3v) is 2.49. The summed E-state index contributed by atoms with van der Waals surface area (Å²) in [6.45, 7) is 5.86. The number of pyridine rings is 1. The van der Waals surface area contributed by atoms with E-state index in [1.54, 1.807) is 13.8 Å². The Kier molecular flexibility index (Phi) is 4.06. The summed E-state index contributed by atoms with van der Waals surface area (Å²) in [4.78, 5) is 6.60. The number of likely N-dealkylation sites (N-methyl/N-ethyl adjacent to an activating group) is 1. The van der Waals surface area contributed by atoms with E-state index < -0.39 is 5.60 Å². The maximum absolute atomic E-state index is 9.81. The lowest BCUT2D eigenvalue weighted by atomic mass is 10.1. The average molecular weight is 253 g/mol. The standard InChI is InChI=1S/C12H19N3OS/c1-8-5-6-9(10(13)17)11(14-8)15(4)7-12(2,3)16/h5-6,16H,7H2,1-4H3,(H2,13,17). The van der Waals surface area contributed by atoms with Crippen LogP contribution < -0.4 is 10.6 Å². The molecule has 4 nitrogen and oxygen atoms in total. The van der Waals surface area contributed by atoms with E-state index in [1.807, 2.05) is 31.0 Å². The number of rotatable bonds is 4.